The van der Waals surface area contributed by atoms with Crippen LogP contribution >= 0.6 is 11.3 Å². The molecule has 1 aromatic heterocycles. The zero-order chi connectivity index (χ0) is 23.7. The van der Waals surface area contributed by atoms with Crippen LogP contribution in [0.2, 0.25) is 0 Å². The quantitative estimate of drug-likeness (QED) is 0.583. The topological polar surface area (TPSA) is 82.1 Å². The number of carbonyl (C=O) groups excluding carboxylic acids is 1. The van der Waals surface area contributed by atoms with Crippen molar-refractivity contribution in [2.45, 2.75) is 11.3 Å². The van der Waals surface area contributed by atoms with Crippen LogP contribution in [0.15, 0.2) is 69.3 Å². The smallest absolute Gasteiger partial charge is 0.286 e. The molecule has 7 nitrogen and oxygen atoms in total. The van der Waals surface area contributed by atoms with Crippen LogP contribution in [0.5, 0.6) is 0 Å². The molecule has 3 aromatic rings. The molecule has 2 aliphatic heterocycles. The first-order valence-corrected chi connectivity index (χ1v) is 13.2. The van der Waals surface area contributed by atoms with Crippen molar-refractivity contribution in [2.75, 3.05) is 38.0 Å². The number of nitrogens with zero attached hydrogens (tertiary/aromatic N) is 3. The summed E-state index contributed by atoms with van der Waals surface area (Å²) >= 11 is 1.55. The molecular weight excluding hydrogens is 475 g/mol. The van der Waals surface area contributed by atoms with E-state index in [9.17, 15) is 17.6 Å². The highest BCUT2D eigenvalue weighted by molar-refractivity contribution is 7.90. The molecule has 5 rings (SSSR count). The highest BCUT2D eigenvalue weighted by atomic mass is 32.2. The van der Waals surface area contributed by atoms with Gasteiger partial charge in [-0.25, -0.2) is 4.39 Å². The van der Waals surface area contributed by atoms with Gasteiger partial charge in [-0.3, -0.25) is 9.69 Å². The number of amides is 1. The minimum absolute atomic E-state index is 0.00237. The number of halogens is 1. The second-order valence-corrected chi connectivity index (χ2v) is 10.8. The van der Waals surface area contributed by atoms with Crippen LogP contribution in [0.1, 0.15) is 5.56 Å². The zero-order valence-corrected chi connectivity index (χ0v) is 19.9. The molecule has 10 heteroatoms. The van der Waals surface area contributed by atoms with Gasteiger partial charge in [0.15, 0.2) is 0 Å². The second kappa shape index (κ2) is 9.28. The minimum atomic E-state index is -3.81. The molecular formula is C24H23FN4O3S2. The van der Waals surface area contributed by atoms with Gasteiger partial charge < -0.3 is 10.2 Å². The third-order valence-electron chi connectivity index (χ3n) is 5.94. The Kier molecular flexibility index (Phi) is 6.20. The van der Waals surface area contributed by atoms with Gasteiger partial charge in [0.2, 0.25) is 5.91 Å². The normalized spacial score (nSPS) is 17.6. The Labute approximate surface area is 201 Å². The van der Waals surface area contributed by atoms with E-state index in [-0.39, 0.29) is 23.0 Å². The van der Waals surface area contributed by atoms with E-state index < -0.39 is 10.0 Å². The summed E-state index contributed by atoms with van der Waals surface area (Å²) < 4.78 is 42.8. The van der Waals surface area contributed by atoms with Crippen molar-refractivity contribution < 1.29 is 17.6 Å². The summed E-state index contributed by atoms with van der Waals surface area (Å²) in [6.07, 6.45) is 0.233. The minimum Gasteiger partial charge on any atom is -0.341 e. The van der Waals surface area contributed by atoms with Crippen LogP contribution in [0.25, 0.3) is 10.4 Å². The van der Waals surface area contributed by atoms with Crippen LogP contribution in [0.3, 0.4) is 0 Å². The maximum absolute atomic E-state index is 13.1. The van der Waals surface area contributed by atoms with Crippen molar-refractivity contribution in [1.82, 2.24) is 9.80 Å². The summed E-state index contributed by atoms with van der Waals surface area (Å²) in [4.78, 5) is 17.6. The number of fused-ring (bicyclic) bond motifs is 1. The molecule has 1 saturated heterocycles. The second-order valence-electron chi connectivity index (χ2n) is 8.29. The lowest BCUT2D eigenvalue weighted by Gasteiger charge is -2.35. The molecule has 1 fully saturated rings. The molecule has 0 saturated carbocycles. The SMILES string of the molecule is O=C(Cc1ccc(F)cc1)N1CCN(CC2=NS(=O)(=O)c3cc(-c4cccs4)ccc3N2)CC1. The molecule has 3 heterocycles. The first-order chi connectivity index (χ1) is 16.4. The number of thiophene rings is 1. The van der Waals surface area contributed by atoms with E-state index in [1.165, 1.54) is 12.1 Å². The number of sulfonamides is 1. The van der Waals surface area contributed by atoms with Gasteiger partial charge >= 0.3 is 0 Å². The number of rotatable bonds is 5. The van der Waals surface area contributed by atoms with Crippen molar-refractivity contribution in [1.29, 1.82) is 0 Å². The number of carbonyl (C=O) groups is 1. The molecule has 2 aliphatic rings. The summed E-state index contributed by atoms with van der Waals surface area (Å²) in [6, 6.07) is 15.2. The largest absolute Gasteiger partial charge is 0.341 e. The third kappa shape index (κ3) is 4.89. The number of hydrogen-bond donors (Lipinski definition) is 1. The van der Waals surface area contributed by atoms with Crippen molar-refractivity contribution >= 4 is 38.8 Å². The molecule has 1 N–H and O–H groups in total. The van der Waals surface area contributed by atoms with Gasteiger partial charge in [-0.1, -0.05) is 24.3 Å². The van der Waals surface area contributed by atoms with Gasteiger partial charge in [0.1, 0.15) is 16.5 Å². The lowest BCUT2D eigenvalue weighted by Crippen LogP contribution is -2.51. The Balaban J connectivity index is 1.20. The Morgan fingerprint density at radius 1 is 1.06 bits per heavy atom. The van der Waals surface area contributed by atoms with Crippen molar-refractivity contribution in [3.8, 4) is 10.4 Å². The Hall–Kier alpha value is -3.08. The average molecular weight is 499 g/mol. The number of piperazine rings is 1. The number of hydrogen-bond acceptors (Lipinski definition) is 6. The predicted molar refractivity (Wildman–Crippen MR) is 131 cm³/mol. The van der Waals surface area contributed by atoms with Gasteiger partial charge in [0.05, 0.1) is 18.7 Å². The van der Waals surface area contributed by atoms with Gasteiger partial charge in [-0.2, -0.15) is 8.42 Å². The molecule has 0 spiro atoms. The van der Waals surface area contributed by atoms with Crippen LogP contribution in [0, 0.1) is 5.82 Å². The summed E-state index contributed by atoms with van der Waals surface area (Å²) in [5, 5.41) is 5.12. The molecule has 34 heavy (non-hydrogen) atoms. The molecule has 176 valence electrons. The lowest BCUT2D eigenvalue weighted by atomic mass is 10.1. The molecule has 0 aliphatic carbocycles. The standard InChI is InChI=1S/C24H23FN4O3S2/c25-19-6-3-17(4-7-19)14-24(30)29-11-9-28(10-12-29)16-23-26-20-8-5-18(21-2-1-13-33-21)15-22(20)34(31,32)27-23/h1-8,13,15H,9-12,14,16H2,(H,26,27). The summed E-state index contributed by atoms with van der Waals surface area (Å²) in [5.41, 5.74) is 2.15. The summed E-state index contributed by atoms with van der Waals surface area (Å²) in [7, 11) is -3.81. The Morgan fingerprint density at radius 3 is 2.53 bits per heavy atom. The lowest BCUT2D eigenvalue weighted by molar-refractivity contribution is -0.132. The summed E-state index contributed by atoms with van der Waals surface area (Å²) in [5.74, 6) is 0.0524. The number of nitrogens with one attached hydrogen (secondary N) is 1. The van der Waals surface area contributed by atoms with Gasteiger partial charge in [-0.05, 0) is 46.8 Å². The predicted octanol–water partition coefficient (Wildman–Crippen LogP) is 3.45. The number of amidine groups is 1. The highest BCUT2D eigenvalue weighted by Crippen LogP contribution is 2.33. The van der Waals surface area contributed by atoms with Crippen molar-refractivity contribution in [2.24, 2.45) is 4.40 Å². The monoisotopic (exact) mass is 498 g/mol. The fourth-order valence-electron chi connectivity index (χ4n) is 4.13. The van der Waals surface area contributed by atoms with E-state index in [1.54, 1.807) is 40.5 Å². The average Bonchev–Trinajstić information content (AvgIpc) is 3.35. The molecule has 1 amide bonds. The summed E-state index contributed by atoms with van der Waals surface area (Å²) in [6.45, 7) is 2.66. The van der Waals surface area contributed by atoms with E-state index in [4.69, 9.17) is 0 Å². The fourth-order valence-corrected chi connectivity index (χ4v) is 6.02. The maximum atomic E-state index is 13.1. The van der Waals surface area contributed by atoms with Crippen molar-refractivity contribution in [3.05, 3.63) is 71.4 Å². The third-order valence-corrected chi connectivity index (χ3v) is 8.21. The van der Waals surface area contributed by atoms with Crippen LogP contribution in [0.4, 0.5) is 10.1 Å². The van der Waals surface area contributed by atoms with E-state index in [1.807, 2.05) is 23.6 Å². The van der Waals surface area contributed by atoms with Gasteiger partial charge in [0.25, 0.3) is 10.0 Å². The highest BCUT2D eigenvalue weighted by Gasteiger charge is 2.28. The fraction of sp³-hybridized carbons (Fsp3) is 0.250. The van der Waals surface area contributed by atoms with E-state index in [0.717, 1.165) is 16.0 Å². The number of anilines is 1. The molecule has 0 radical (unpaired) electrons. The zero-order valence-electron chi connectivity index (χ0n) is 18.3. The van der Waals surface area contributed by atoms with E-state index in [2.05, 4.69) is 14.6 Å². The molecule has 0 bridgehead atoms. The van der Waals surface area contributed by atoms with Gasteiger partial charge in [0, 0.05) is 31.1 Å². The first kappa shape index (κ1) is 22.7. The first-order valence-electron chi connectivity index (χ1n) is 10.9. The maximum Gasteiger partial charge on any atom is 0.286 e. The Bertz CT molecular complexity index is 1330. The van der Waals surface area contributed by atoms with E-state index in [0.29, 0.717) is 44.2 Å². The molecule has 0 unspecified atom stereocenters. The van der Waals surface area contributed by atoms with E-state index >= 15 is 0 Å². The van der Waals surface area contributed by atoms with Gasteiger partial charge in [-0.15, -0.1) is 15.7 Å². The van der Waals surface area contributed by atoms with Crippen LogP contribution in [-0.4, -0.2) is 62.7 Å². The van der Waals surface area contributed by atoms with Crippen LogP contribution < -0.4 is 5.32 Å². The number of benzene rings is 2. The molecule has 0 atom stereocenters. The molecule has 2 aromatic carbocycles. The van der Waals surface area contributed by atoms with Crippen molar-refractivity contribution in [3.63, 3.8) is 0 Å². The Morgan fingerprint density at radius 2 is 1.82 bits per heavy atom. The van der Waals surface area contributed by atoms with Crippen LogP contribution in [-0.2, 0) is 21.2 Å².